The predicted molar refractivity (Wildman–Crippen MR) is 108 cm³/mol. The normalized spacial score (nSPS) is 16.3. The zero-order valence-electron chi connectivity index (χ0n) is 15.8. The third-order valence-corrected chi connectivity index (χ3v) is 5.07. The highest BCUT2D eigenvalue weighted by molar-refractivity contribution is 6.30. The molecule has 7 heteroatoms. The van der Waals surface area contributed by atoms with E-state index in [-0.39, 0.29) is 18.9 Å². The molecule has 0 spiro atoms. The summed E-state index contributed by atoms with van der Waals surface area (Å²) in [5.41, 5.74) is 3.19. The van der Waals surface area contributed by atoms with Crippen molar-refractivity contribution in [1.29, 1.82) is 0 Å². The summed E-state index contributed by atoms with van der Waals surface area (Å²) in [6.45, 7) is 2.27. The van der Waals surface area contributed by atoms with Gasteiger partial charge < -0.3 is 14.2 Å². The number of carbonyl (C=O) groups excluding carboxylic acids is 2. The largest absolute Gasteiger partial charge is 0.459 e. The summed E-state index contributed by atoms with van der Waals surface area (Å²) in [4.78, 5) is 26.4. The van der Waals surface area contributed by atoms with Crippen LogP contribution in [0.4, 0.5) is 5.69 Å². The zero-order valence-corrected chi connectivity index (χ0v) is 16.6. The first kappa shape index (κ1) is 19.2. The van der Waals surface area contributed by atoms with E-state index in [1.807, 2.05) is 43.3 Å². The minimum absolute atomic E-state index is 0.00887. The molecule has 0 N–H and O–H groups in total. The van der Waals surface area contributed by atoms with Crippen LogP contribution in [0.5, 0.6) is 0 Å². The number of ether oxygens (including phenoxy) is 1. The highest BCUT2D eigenvalue weighted by atomic mass is 35.5. The minimum atomic E-state index is -0.495. The summed E-state index contributed by atoms with van der Waals surface area (Å²) >= 11 is 5.89. The monoisotopic (exact) mass is 410 g/mol. The molecule has 0 radical (unpaired) electrons. The number of carbonyl (C=O) groups is 2. The van der Waals surface area contributed by atoms with Crippen molar-refractivity contribution in [2.45, 2.75) is 20.0 Å². The Morgan fingerprint density at radius 2 is 2.03 bits per heavy atom. The minimum Gasteiger partial charge on any atom is -0.459 e. The highest BCUT2D eigenvalue weighted by Crippen LogP contribution is 2.27. The third kappa shape index (κ3) is 4.32. The van der Waals surface area contributed by atoms with Gasteiger partial charge in [-0.3, -0.25) is 9.59 Å². The Balaban J connectivity index is 1.36. The molecule has 1 atom stereocenters. The molecule has 1 aliphatic heterocycles. The maximum atomic E-state index is 12.4. The molecule has 2 aromatic carbocycles. The van der Waals surface area contributed by atoms with E-state index in [2.05, 4.69) is 5.16 Å². The number of hydrogen-bond donors (Lipinski definition) is 0. The molecule has 3 aromatic rings. The zero-order chi connectivity index (χ0) is 20.4. The Labute approximate surface area is 173 Å². The second kappa shape index (κ2) is 8.09. The molecule has 4 rings (SSSR count). The van der Waals surface area contributed by atoms with Gasteiger partial charge in [-0.1, -0.05) is 28.9 Å². The molecule has 29 heavy (non-hydrogen) atoms. The first-order valence-corrected chi connectivity index (χ1v) is 9.62. The second-order valence-electron chi connectivity index (χ2n) is 7.04. The number of aromatic nitrogens is 1. The van der Waals surface area contributed by atoms with E-state index in [1.54, 1.807) is 23.1 Å². The lowest BCUT2D eigenvalue weighted by atomic mass is 10.1. The predicted octanol–water partition coefficient (Wildman–Crippen LogP) is 4.40. The van der Waals surface area contributed by atoms with Crippen molar-refractivity contribution in [2.75, 3.05) is 11.4 Å². The highest BCUT2D eigenvalue weighted by Gasteiger charge is 2.36. The van der Waals surface area contributed by atoms with Gasteiger partial charge in [0.15, 0.2) is 5.76 Å². The van der Waals surface area contributed by atoms with Gasteiger partial charge in [-0.2, -0.15) is 0 Å². The van der Waals surface area contributed by atoms with Crippen molar-refractivity contribution in [3.63, 3.8) is 0 Å². The van der Waals surface area contributed by atoms with E-state index in [0.29, 0.717) is 23.0 Å². The Kier molecular flexibility index (Phi) is 5.36. The van der Waals surface area contributed by atoms with E-state index in [0.717, 1.165) is 16.8 Å². The average Bonchev–Trinajstić information content (AvgIpc) is 3.33. The van der Waals surface area contributed by atoms with Crippen molar-refractivity contribution >= 4 is 29.2 Å². The van der Waals surface area contributed by atoms with Crippen molar-refractivity contribution < 1.29 is 18.8 Å². The molecular weight excluding hydrogens is 392 g/mol. The molecule has 1 unspecified atom stereocenters. The average molecular weight is 411 g/mol. The molecule has 0 aliphatic carbocycles. The molecule has 6 nitrogen and oxygen atoms in total. The quantitative estimate of drug-likeness (QED) is 0.583. The Morgan fingerprint density at radius 3 is 2.79 bits per heavy atom. The maximum absolute atomic E-state index is 12.4. The third-order valence-electron chi connectivity index (χ3n) is 4.82. The van der Waals surface area contributed by atoms with Gasteiger partial charge in [-0.05, 0) is 48.9 Å². The van der Waals surface area contributed by atoms with Crippen LogP contribution in [0.1, 0.15) is 17.7 Å². The van der Waals surface area contributed by atoms with E-state index in [1.165, 1.54) is 0 Å². The summed E-state index contributed by atoms with van der Waals surface area (Å²) in [6, 6.07) is 16.5. The van der Waals surface area contributed by atoms with Gasteiger partial charge in [0.2, 0.25) is 5.91 Å². The van der Waals surface area contributed by atoms with Crippen molar-refractivity contribution in [3.8, 4) is 11.3 Å². The number of esters is 1. The number of hydrogen-bond acceptors (Lipinski definition) is 5. The van der Waals surface area contributed by atoms with Gasteiger partial charge in [0.1, 0.15) is 12.3 Å². The lowest BCUT2D eigenvalue weighted by Gasteiger charge is -2.17. The first-order chi connectivity index (χ1) is 14.0. The number of rotatable bonds is 5. The number of halogens is 1. The number of aryl methyl sites for hydroxylation is 1. The number of amides is 1. The lowest BCUT2D eigenvalue weighted by molar-refractivity contribution is -0.149. The van der Waals surface area contributed by atoms with Crippen LogP contribution >= 0.6 is 11.6 Å². The van der Waals surface area contributed by atoms with Crippen LogP contribution in [0.15, 0.2) is 59.1 Å². The standard InChI is InChI=1S/C22H19ClN2O4/c1-14-3-2-4-19(9-14)25-12-16(10-21(25)26)22(27)28-13-18-11-20(29-24-18)15-5-7-17(23)8-6-15/h2-9,11,16H,10,12-13H2,1H3. The summed E-state index contributed by atoms with van der Waals surface area (Å²) in [6.07, 6.45) is 0.140. The molecule has 1 aliphatic rings. The van der Waals surface area contributed by atoms with Gasteiger partial charge in [-0.15, -0.1) is 0 Å². The molecule has 1 fully saturated rings. The fraction of sp³-hybridized carbons (Fsp3) is 0.227. The lowest BCUT2D eigenvalue weighted by Crippen LogP contribution is -2.26. The number of anilines is 1. The Hall–Kier alpha value is -3.12. The van der Waals surface area contributed by atoms with Crippen molar-refractivity contribution in [3.05, 3.63) is 70.9 Å². The van der Waals surface area contributed by atoms with E-state index in [9.17, 15) is 9.59 Å². The summed E-state index contributed by atoms with van der Waals surface area (Å²) < 4.78 is 10.7. The van der Waals surface area contributed by atoms with Crippen molar-refractivity contribution in [1.82, 2.24) is 5.16 Å². The van der Waals surface area contributed by atoms with Crippen LogP contribution in [0, 0.1) is 12.8 Å². The van der Waals surface area contributed by atoms with E-state index >= 15 is 0 Å². The molecule has 0 bridgehead atoms. The smallest absolute Gasteiger partial charge is 0.311 e. The molecular formula is C22H19ClN2O4. The van der Waals surface area contributed by atoms with Crippen LogP contribution in [-0.2, 0) is 20.9 Å². The molecule has 1 amide bonds. The van der Waals surface area contributed by atoms with Gasteiger partial charge >= 0.3 is 5.97 Å². The second-order valence-corrected chi connectivity index (χ2v) is 7.48. The fourth-order valence-electron chi connectivity index (χ4n) is 3.30. The maximum Gasteiger partial charge on any atom is 0.311 e. The SMILES string of the molecule is Cc1cccc(N2CC(C(=O)OCc3cc(-c4ccc(Cl)cc4)on3)CC2=O)c1. The van der Waals surface area contributed by atoms with Gasteiger partial charge in [0.25, 0.3) is 0 Å². The number of benzene rings is 2. The first-order valence-electron chi connectivity index (χ1n) is 9.25. The van der Waals surface area contributed by atoms with Gasteiger partial charge in [0, 0.05) is 35.3 Å². The molecule has 0 saturated carbocycles. The molecule has 148 valence electrons. The topological polar surface area (TPSA) is 72.6 Å². The summed E-state index contributed by atoms with van der Waals surface area (Å²) in [5.74, 6) is -0.423. The van der Waals surface area contributed by atoms with Crippen LogP contribution in [0.25, 0.3) is 11.3 Å². The molecule has 1 aromatic heterocycles. The fourth-order valence-corrected chi connectivity index (χ4v) is 3.43. The Morgan fingerprint density at radius 1 is 1.24 bits per heavy atom. The number of nitrogens with zero attached hydrogens (tertiary/aromatic N) is 2. The Bertz CT molecular complexity index is 1040. The van der Waals surface area contributed by atoms with Crippen LogP contribution < -0.4 is 4.90 Å². The van der Waals surface area contributed by atoms with Gasteiger partial charge in [0.05, 0.1) is 5.92 Å². The van der Waals surface area contributed by atoms with Crippen LogP contribution in [0.3, 0.4) is 0 Å². The van der Waals surface area contributed by atoms with Crippen molar-refractivity contribution in [2.24, 2.45) is 5.92 Å². The van der Waals surface area contributed by atoms with Crippen LogP contribution in [0.2, 0.25) is 5.02 Å². The van der Waals surface area contributed by atoms with Gasteiger partial charge in [-0.25, -0.2) is 0 Å². The molecule has 2 heterocycles. The van der Waals surface area contributed by atoms with Crippen LogP contribution in [-0.4, -0.2) is 23.6 Å². The summed E-state index contributed by atoms with van der Waals surface area (Å²) in [5, 5.41) is 4.57. The molecule has 1 saturated heterocycles. The summed E-state index contributed by atoms with van der Waals surface area (Å²) in [7, 11) is 0. The van der Waals surface area contributed by atoms with E-state index < -0.39 is 11.9 Å². The van der Waals surface area contributed by atoms with E-state index in [4.69, 9.17) is 20.9 Å².